The molecule has 37 heavy (non-hydrogen) atoms. The van der Waals surface area contributed by atoms with Gasteiger partial charge in [-0.1, -0.05) is 47.9 Å². The molecule has 6 nitrogen and oxygen atoms in total. The zero-order valence-electron chi connectivity index (χ0n) is 22.5. The van der Waals surface area contributed by atoms with Crippen LogP contribution in [-0.2, 0) is 0 Å². The van der Waals surface area contributed by atoms with Crippen LogP contribution >= 0.6 is 12.8 Å². The highest BCUT2D eigenvalue weighted by Crippen LogP contribution is 2.37. The van der Waals surface area contributed by atoms with E-state index in [1.807, 2.05) is 36.4 Å². The molecule has 2 fully saturated rings. The first-order valence-corrected chi connectivity index (χ1v) is 14.7. The van der Waals surface area contributed by atoms with Gasteiger partial charge in [0.1, 0.15) is 18.6 Å². The fraction of sp³-hybridized carbons (Fsp3) is 0.600. The number of quaternary nitrogens is 1. The van der Waals surface area contributed by atoms with Gasteiger partial charge in [0.25, 0.3) is 0 Å². The highest BCUT2D eigenvalue weighted by molar-refractivity contribution is 7.79. The summed E-state index contributed by atoms with van der Waals surface area (Å²) < 4.78 is 5.27. The number of unbranched alkanes of at least 4 members (excludes halogenated alkanes) is 3. The minimum atomic E-state index is -0.623. The van der Waals surface area contributed by atoms with Crippen LogP contribution < -0.4 is 8.79 Å². The van der Waals surface area contributed by atoms with Gasteiger partial charge in [0, 0.05) is 69.1 Å². The normalized spacial score (nSPS) is 20.4. The maximum atomic E-state index is 11.3. The Morgan fingerprint density at radius 1 is 0.919 bits per heavy atom. The molecule has 2 N–H and O–H groups in total. The third kappa shape index (κ3) is 7.71. The number of thiol groups is 1. The van der Waals surface area contributed by atoms with Gasteiger partial charge in [-0.05, 0) is 50.7 Å². The van der Waals surface area contributed by atoms with Gasteiger partial charge in [-0.25, -0.2) is 0 Å². The lowest BCUT2D eigenvalue weighted by Gasteiger charge is -2.42. The lowest BCUT2D eigenvalue weighted by atomic mass is 9.93. The Bertz CT molecular complexity index is 941. The number of aliphatic hydroxyl groups excluding tert-OH is 1. The second-order valence-corrected chi connectivity index (χ2v) is 11.3. The smallest absolute Gasteiger partial charge is 0.186 e. The van der Waals surface area contributed by atoms with Gasteiger partial charge in [-0.15, -0.1) is 0 Å². The summed E-state index contributed by atoms with van der Waals surface area (Å²) in [6.45, 7) is 7.72. The third-order valence-corrected chi connectivity index (χ3v) is 8.68. The van der Waals surface area contributed by atoms with Crippen molar-refractivity contribution in [3.63, 3.8) is 0 Å². The van der Waals surface area contributed by atoms with E-state index in [0.29, 0.717) is 24.0 Å². The molecule has 1 heterocycles. The van der Waals surface area contributed by atoms with Crippen molar-refractivity contribution in [2.45, 2.75) is 76.8 Å². The van der Waals surface area contributed by atoms with Crippen molar-refractivity contribution in [2.75, 3.05) is 39.4 Å². The summed E-state index contributed by atoms with van der Waals surface area (Å²) in [5.41, 5.74) is 2.60. The largest absolute Gasteiger partial charge is 0.493 e. The predicted molar refractivity (Wildman–Crippen MR) is 155 cm³/mol. The Kier molecular flexibility index (Phi) is 10.7. The summed E-state index contributed by atoms with van der Waals surface area (Å²) in [5, 5.41) is 20.2. The van der Waals surface area contributed by atoms with Gasteiger partial charge >= 0.3 is 0 Å². The average Bonchev–Trinajstić information content (AvgIpc) is 2.95. The van der Waals surface area contributed by atoms with E-state index in [9.17, 15) is 5.21 Å². The van der Waals surface area contributed by atoms with Gasteiger partial charge in [-0.2, -0.15) is 5.21 Å². The molecule has 2 unspecified atom stereocenters. The van der Waals surface area contributed by atoms with Crippen LogP contribution in [0.25, 0.3) is 0 Å². The van der Waals surface area contributed by atoms with Crippen molar-refractivity contribution in [3.8, 4) is 5.75 Å². The van der Waals surface area contributed by atoms with Crippen molar-refractivity contribution in [2.24, 2.45) is 0 Å². The Morgan fingerprint density at radius 2 is 1.62 bits per heavy atom. The number of hydrogen-bond donors (Lipinski definition) is 3. The fourth-order valence-corrected chi connectivity index (χ4v) is 6.04. The molecule has 2 aliphatic rings. The SMILES string of the molecule is CC(c1ccc([N+](O)(S)c2cccc(OCCCCCCO)c2)cc1)N1CCN(C2CCCCC2)CC1. The van der Waals surface area contributed by atoms with Crippen LogP contribution in [0.2, 0.25) is 0 Å². The van der Waals surface area contributed by atoms with E-state index in [4.69, 9.17) is 9.84 Å². The molecule has 2 atom stereocenters. The maximum Gasteiger partial charge on any atom is 0.186 e. The van der Waals surface area contributed by atoms with Crippen molar-refractivity contribution in [1.29, 1.82) is 0 Å². The molecule has 1 saturated carbocycles. The fourth-order valence-electron chi connectivity index (χ4n) is 5.78. The monoisotopic (exact) mass is 528 g/mol. The number of rotatable bonds is 12. The van der Waals surface area contributed by atoms with E-state index < -0.39 is 4.05 Å². The van der Waals surface area contributed by atoms with Gasteiger partial charge in [0.2, 0.25) is 0 Å². The average molecular weight is 529 g/mol. The molecule has 1 aliphatic heterocycles. The Labute approximate surface area is 228 Å². The van der Waals surface area contributed by atoms with Crippen LogP contribution in [-0.4, -0.2) is 65.5 Å². The van der Waals surface area contributed by atoms with Crippen LogP contribution in [0, 0.1) is 0 Å². The lowest BCUT2D eigenvalue weighted by molar-refractivity contribution is 0.0602. The van der Waals surface area contributed by atoms with Gasteiger partial charge < -0.3 is 9.84 Å². The highest BCUT2D eigenvalue weighted by Gasteiger charge is 2.31. The molecule has 1 saturated heterocycles. The van der Waals surface area contributed by atoms with E-state index in [-0.39, 0.29) is 6.61 Å². The standard InChI is InChI=1S/C30H46N3O3S/c1-25(31-18-20-32(21-19-31)27-10-5-4-6-11-27)26-14-16-28(17-15-26)33(35,37)29-12-9-13-30(24-29)36-23-8-3-2-7-22-34/h9,12-17,24-25,27,34-35,37H,2-8,10-11,18-23H2,1H3/q+1. The molecule has 0 bridgehead atoms. The number of aliphatic hydroxyl groups is 1. The zero-order chi connectivity index (χ0) is 26.1. The number of piperazine rings is 1. The molecule has 204 valence electrons. The molecule has 1 aliphatic carbocycles. The van der Waals surface area contributed by atoms with E-state index in [2.05, 4.69) is 41.7 Å². The Balaban J connectivity index is 1.31. The van der Waals surface area contributed by atoms with Crippen LogP contribution in [0.1, 0.15) is 76.3 Å². The minimum absolute atomic E-state index is 0.249. The molecule has 0 aromatic heterocycles. The molecule has 7 heteroatoms. The number of benzene rings is 2. The molecule has 0 amide bonds. The summed E-state index contributed by atoms with van der Waals surface area (Å²) in [6, 6.07) is 16.9. The van der Waals surface area contributed by atoms with E-state index in [1.165, 1.54) is 50.8 Å². The summed E-state index contributed by atoms with van der Waals surface area (Å²) >= 11 is 4.61. The summed E-state index contributed by atoms with van der Waals surface area (Å²) in [5.74, 6) is 0.725. The van der Waals surface area contributed by atoms with Crippen LogP contribution in [0.15, 0.2) is 48.5 Å². The van der Waals surface area contributed by atoms with Crippen LogP contribution in [0.3, 0.4) is 0 Å². The van der Waals surface area contributed by atoms with Crippen LogP contribution in [0.4, 0.5) is 11.4 Å². The van der Waals surface area contributed by atoms with Gasteiger partial charge in [-0.3, -0.25) is 9.80 Å². The number of hydrogen-bond acceptors (Lipinski definition) is 6. The van der Waals surface area contributed by atoms with Crippen molar-refractivity contribution in [1.82, 2.24) is 13.9 Å². The molecule has 0 radical (unpaired) electrons. The zero-order valence-corrected chi connectivity index (χ0v) is 23.4. The van der Waals surface area contributed by atoms with Crippen molar-refractivity contribution >= 4 is 24.2 Å². The highest BCUT2D eigenvalue weighted by atomic mass is 32.1. The predicted octanol–water partition coefficient (Wildman–Crippen LogP) is 6.50. The molecule has 2 aromatic carbocycles. The number of ether oxygens (including phenoxy) is 1. The molecule has 2 aromatic rings. The second-order valence-electron chi connectivity index (χ2n) is 10.7. The maximum absolute atomic E-state index is 11.3. The third-order valence-electron chi connectivity index (χ3n) is 8.22. The quantitative estimate of drug-likeness (QED) is 0.127. The Morgan fingerprint density at radius 3 is 2.32 bits per heavy atom. The number of nitrogens with zero attached hydrogens (tertiary/aromatic N) is 3. The second kappa shape index (κ2) is 14.0. The van der Waals surface area contributed by atoms with Crippen LogP contribution in [0.5, 0.6) is 5.75 Å². The lowest BCUT2D eigenvalue weighted by Crippen LogP contribution is -2.51. The van der Waals surface area contributed by atoms with E-state index in [0.717, 1.165) is 50.6 Å². The van der Waals surface area contributed by atoms with Gasteiger partial charge in [0.15, 0.2) is 11.4 Å². The minimum Gasteiger partial charge on any atom is -0.493 e. The first-order valence-electron chi connectivity index (χ1n) is 14.3. The summed E-state index contributed by atoms with van der Waals surface area (Å²) in [7, 11) is 0. The topological polar surface area (TPSA) is 56.2 Å². The summed E-state index contributed by atoms with van der Waals surface area (Å²) in [4.78, 5) is 5.31. The van der Waals surface area contributed by atoms with E-state index >= 15 is 0 Å². The molecule has 0 spiro atoms. The molecule has 4 rings (SSSR count). The van der Waals surface area contributed by atoms with Crippen molar-refractivity contribution < 1.29 is 15.1 Å². The molecular weight excluding hydrogens is 482 g/mol. The first-order chi connectivity index (χ1) is 18.0. The first kappa shape index (κ1) is 28.4. The summed E-state index contributed by atoms with van der Waals surface area (Å²) in [6.07, 6.45) is 10.8. The van der Waals surface area contributed by atoms with Gasteiger partial charge in [0.05, 0.1) is 6.61 Å². The van der Waals surface area contributed by atoms with Crippen molar-refractivity contribution in [3.05, 3.63) is 54.1 Å². The Hall–Kier alpha value is -1.61. The molecular formula is C30H46N3O3S+. The van der Waals surface area contributed by atoms with E-state index in [1.54, 1.807) is 0 Å².